The Hall–Kier alpha value is -1.39. The molecule has 0 bridgehead atoms. The Kier molecular flexibility index (Phi) is 3.00. The molecular formula is C8H11NO4. The Morgan fingerprint density at radius 3 is 2.38 bits per heavy atom. The van der Waals surface area contributed by atoms with Gasteiger partial charge in [0.05, 0.1) is 6.61 Å². The zero-order chi connectivity index (χ0) is 9.84. The van der Waals surface area contributed by atoms with Gasteiger partial charge in [0, 0.05) is 12.8 Å². The van der Waals surface area contributed by atoms with E-state index in [1.807, 2.05) is 6.92 Å². The summed E-state index contributed by atoms with van der Waals surface area (Å²) in [4.78, 5) is 33.7. The molecule has 1 heterocycles. The molecule has 72 valence electrons. The molecule has 5 nitrogen and oxygen atoms in total. The molecule has 0 aromatic heterocycles. The third kappa shape index (κ3) is 2.05. The minimum atomic E-state index is -0.839. The number of imide groups is 3. The average Bonchev–Trinajstić information content (AvgIpc) is 2.42. The lowest BCUT2D eigenvalue weighted by molar-refractivity contribution is -0.136. The van der Waals surface area contributed by atoms with E-state index in [9.17, 15) is 14.4 Å². The minimum absolute atomic E-state index is 0.111. The van der Waals surface area contributed by atoms with Crippen LogP contribution in [0.4, 0.5) is 4.79 Å². The van der Waals surface area contributed by atoms with Gasteiger partial charge in [-0.05, 0) is 6.42 Å². The SMILES string of the molecule is CCCOC(=O)N1C(=O)CCC1=O. The first-order valence-electron chi connectivity index (χ1n) is 4.19. The van der Waals surface area contributed by atoms with E-state index in [2.05, 4.69) is 4.74 Å². The van der Waals surface area contributed by atoms with Crippen molar-refractivity contribution in [3.63, 3.8) is 0 Å². The van der Waals surface area contributed by atoms with Crippen molar-refractivity contribution in [2.24, 2.45) is 0 Å². The molecule has 1 fully saturated rings. The molecule has 0 unspecified atom stereocenters. The Labute approximate surface area is 75.6 Å². The quantitative estimate of drug-likeness (QED) is 0.593. The number of carbonyl (C=O) groups excluding carboxylic acids is 3. The smallest absolute Gasteiger partial charge is 0.423 e. The predicted molar refractivity (Wildman–Crippen MR) is 42.7 cm³/mol. The number of hydrogen-bond acceptors (Lipinski definition) is 4. The fourth-order valence-corrected chi connectivity index (χ4v) is 1.03. The molecule has 1 aliphatic heterocycles. The van der Waals surface area contributed by atoms with Crippen molar-refractivity contribution in [1.29, 1.82) is 0 Å². The number of amides is 3. The molecule has 1 aliphatic rings. The van der Waals surface area contributed by atoms with Gasteiger partial charge in [-0.15, -0.1) is 0 Å². The summed E-state index contributed by atoms with van der Waals surface area (Å²) in [6.45, 7) is 2.07. The van der Waals surface area contributed by atoms with Crippen molar-refractivity contribution in [3.05, 3.63) is 0 Å². The number of likely N-dealkylation sites (tertiary alicyclic amines) is 1. The standard InChI is InChI=1S/C8H11NO4/c1-2-5-13-8(12)9-6(10)3-4-7(9)11/h2-5H2,1H3. The summed E-state index contributed by atoms with van der Waals surface area (Å²) in [5, 5.41) is 0. The zero-order valence-electron chi connectivity index (χ0n) is 7.41. The predicted octanol–water partition coefficient (Wildman–Crippen LogP) is 0.682. The Bertz CT molecular complexity index is 233. The minimum Gasteiger partial charge on any atom is -0.449 e. The summed E-state index contributed by atoms with van der Waals surface area (Å²) in [5.41, 5.74) is 0. The van der Waals surface area contributed by atoms with E-state index >= 15 is 0 Å². The number of rotatable bonds is 2. The third-order valence-electron chi connectivity index (χ3n) is 1.66. The lowest BCUT2D eigenvalue weighted by Crippen LogP contribution is -2.36. The summed E-state index contributed by atoms with van der Waals surface area (Å²) >= 11 is 0. The molecule has 13 heavy (non-hydrogen) atoms. The third-order valence-corrected chi connectivity index (χ3v) is 1.66. The molecule has 1 saturated heterocycles. The normalized spacial score (nSPS) is 16.5. The first-order valence-corrected chi connectivity index (χ1v) is 4.19. The second-order valence-corrected chi connectivity index (χ2v) is 2.74. The molecule has 5 heteroatoms. The maximum atomic E-state index is 11.1. The monoisotopic (exact) mass is 185 g/mol. The highest BCUT2D eigenvalue weighted by Gasteiger charge is 2.35. The van der Waals surface area contributed by atoms with Crippen LogP contribution >= 0.6 is 0 Å². The Morgan fingerprint density at radius 1 is 1.38 bits per heavy atom. The van der Waals surface area contributed by atoms with Crippen molar-refractivity contribution in [2.45, 2.75) is 26.2 Å². The largest absolute Gasteiger partial charge is 0.449 e. The van der Waals surface area contributed by atoms with Crippen molar-refractivity contribution in [3.8, 4) is 0 Å². The van der Waals surface area contributed by atoms with Gasteiger partial charge in [0.1, 0.15) is 0 Å². The maximum Gasteiger partial charge on any atom is 0.423 e. The van der Waals surface area contributed by atoms with Crippen LogP contribution in [0.5, 0.6) is 0 Å². The van der Waals surface area contributed by atoms with Crippen LogP contribution < -0.4 is 0 Å². The maximum absolute atomic E-state index is 11.1. The molecular weight excluding hydrogens is 174 g/mol. The summed E-state index contributed by atoms with van der Waals surface area (Å²) in [6.07, 6.45) is 0.0524. The van der Waals surface area contributed by atoms with Crippen molar-refractivity contribution >= 4 is 17.9 Å². The fraction of sp³-hybridized carbons (Fsp3) is 0.625. The van der Waals surface area contributed by atoms with Crippen molar-refractivity contribution in [2.75, 3.05) is 6.61 Å². The van der Waals surface area contributed by atoms with E-state index in [1.165, 1.54) is 0 Å². The second kappa shape index (κ2) is 4.02. The van der Waals surface area contributed by atoms with Gasteiger partial charge in [-0.2, -0.15) is 4.90 Å². The van der Waals surface area contributed by atoms with E-state index in [-0.39, 0.29) is 19.4 Å². The van der Waals surface area contributed by atoms with E-state index in [0.29, 0.717) is 11.3 Å². The molecule has 0 atom stereocenters. The topological polar surface area (TPSA) is 63.7 Å². The lowest BCUT2D eigenvalue weighted by Gasteiger charge is -2.10. The molecule has 0 aliphatic carbocycles. The van der Waals surface area contributed by atoms with Crippen LogP contribution in [0, 0.1) is 0 Å². The van der Waals surface area contributed by atoms with Gasteiger partial charge in [-0.25, -0.2) is 4.79 Å². The molecule has 0 N–H and O–H groups in total. The summed E-state index contributed by atoms with van der Waals surface area (Å²) in [5.74, 6) is -0.933. The van der Waals surface area contributed by atoms with Crippen molar-refractivity contribution < 1.29 is 19.1 Å². The molecule has 0 saturated carbocycles. The van der Waals surface area contributed by atoms with Crippen LogP contribution in [0.3, 0.4) is 0 Å². The highest BCUT2D eigenvalue weighted by molar-refractivity contribution is 6.13. The number of carbonyl (C=O) groups is 3. The lowest BCUT2D eigenvalue weighted by atomic mass is 10.4. The van der Waals surface area contributed by atoms with Crippen LogP contribution in [-0.2, 0) is 14.3 Å². The fourth-order valence-electron chi connectivity index (χ4n) is 1.03. The second-order valence-electron chi connectivity index (χ2n) is 2.74. The molecule has 3 amide bonds. The van der Waals surface area contributed by atoms with Crippen LogP contribution in [0.2, 0.25) is 0 Å². The van der Waals surface area contributed by atoms with Crippen LogP contribution in [-0.4, -0.2) is 29.4 Å². The molecule has 0 radical (unpaired) electrons. The average molecular weight is 185 g/mol. The summed E-state index contributed by atoms with van der Waals surface area (Å²) in [7, 11) is 0. The zero-order valence-corrected chi connectivity index (χ0v) is 7.41. The number of ether oxygens (including phenoxy) is 1. The molecule has 1 rings (SSSR count). The summed E-state index contributed by atoms with van der Waals surface area (Å²) < 4.78 is 4.66. The van der Waals surface area contributed by atoms with Gasteiger partial charge < -0.3 is 4.74 Å². The van der Waals surface area contributed by atoms with E-state index in [0.717, 1.165) is 0 Å². The van der Waals surface area contributed by atoms with Gasteiger partial charge >= 0.3 is 6.09 Å². The highest BCUT2D eigenvalue weighted by Crippen LogP contribution is 2.12. The van der Waals surface area contributed by atoms with E-state index in [4.69, 9.17) is 0 Å². The van der Waals surface area contributed by atoms with Gasteiger partial charge in [-0.3, -0.25) is 9.59 Å². The number of hydrogen-bond donors (Lipinski definition) is 0. The van der Waals surface area contributed by atoms with Crippen LogP contribution in [0.15, 0.2) is 0 Å². The molecule has 0 aromatic rings. The Morgan fingerprint density at radius 2 is 1.92 bits per heavy atom. The number of nitrogens with zero attached hydrogens (tertiary/aromatic N) is 1. The molecule has 0 aromatic carbocycles. The summed E-state index contributed by atoms with van der Waals surface area (Å²) in [6, 6.07) is 0. The first-order chi connectivity index (χ1) is 6.16. The highest BCUT2D eigenvalue weighted by atomic mass is 16.6. The van der Waals surface area contributed by atoms with Crippen LogP contribution in [0.25, 0.3) is 0 Å². The van der Waals surface area contributed by atoms with E-state index in [1.54, 1.807) is 0 Å². The van der Waals surface area contributed by atoms with Gasteiger partial charge in [0.2, 0.25) is 11.8 Å². The van der Waals surface area contributed by atoms with Crippen molar-refractivity contribution in [1.82, 2.24) is 4.90 Å². The van der Waals surface area contributed by atoms with Crippen LogP contribution in [0.1, 0.15) is 26.2 Å². The Balaban J connectivity index is 2.54. The van der Waals surface area contributed by atoms with Gasteiger partial charge in [0.15, 0.2) is 0 Å². The van der Waals surface area contributed by atoms with E-state index < -0.39 is 17.9 Å². The first kappa shape index (κ1) is 9.70. The molecule has 0 spiro atoms. The van der Waals surface area contributed by atoms with Gasteiger partial charge in [0.25, 0.3) is 0 Å². The van der Waals surface area contributed by atoms with Gasteiger partial charge in [-0.1, -0.05) is 6.92 Å².